The van der Waals surface area contributed by atoms with Crippen LogP contribution in [0.4, 0.5) is 0 Å². The number of hydrogen-bond donors (Lipinski definition) is 2. The standard InChI is InChI=1S/C16H34N2O2/c1-6-8-9-14(7-2)12-20-11-10-16(5,15(17)19)18-13(3)4/h13-14,18H,6-12H2,1-5H3,(H2,17,19). The SMILES string of the molecule is CCCCC(CC)COCCC(C)(NC(C)C)C(N)=O. The van der Waals surface area contributed by atoms with Crippen molar-refractivity contribution in [3.05, 3.63) is 0 Å². The number of ether oxygens (including phenoxy) is 1. The predicted molar refractivity (Wildman–Crippen MR) is 84.6 cm³/mol. The number of carbonyl (C=O) groups excluding carboxylic acids is 1. The Morgan fingerprint density at radius 2 is 2.00 bits per heavy atom. The molecule has 1 amide bonds. The van der Waals surface area contributed by atoms with Gasteiger partial charge in [0.1, 0.15) is 0 Å². The zero-order valence-corrected chi connectivity index (χ0v) is 14.0. The molecule has 0 aromatic carbocycles. The second-order valence-corrected chi connectivity index (χ2v) is 6.24. The molecule has 0 aromatic rings. The topological polar surface area (TPSA) is 64.3 Å². The number of primary amides is 1. The first kappa shape index (κ1) is 19.4. The Morgan fingerprint density at radius 3 is 2.45 bits per heavy atom. The van der Waals surface area contributed by atoms with Crippen LogP contribution in [0.3, 0.4) is 0 Å². The largest absolute Gasteiger partial charge is 0.381 e. The fourth-order valence-electron chi connectivity index (χ4n) is 2.33. The van der Waals surface area contributed by atoms with Crippen molar-refractivity contribution in [2.45, 2.75) is 78.3 Å². The van der Waals surface area contributed by atoms with Crippen LogP contribution in [0.2, 0.25) is 0 Å². The first-order valence-corrected chi connectivity index (χ1v) is 8.01. The Labute approximate surface area is 124 Å². The Hall–Kier alpha value is -0.610. The van der Waals surface area contributed by atoms with Crippen LogP contribution in [0.15, 0.2) is 0 Å². The minimum Gasteiger partial charge on any atom is -0.381 e. The molecule has 0 aromatic heterocycles. The number of amides is 1. The van der Waals surface area contributed by atoms with E-state index in [1.54, 1.807) is 0 Å². The van der Waals surface area contributed by atoms with E-state index in [0.29, 0.717) is 18.9 Å². The molecule has 3 N–H and O–H groups in total. The summed E-state index contributed by atoms with van der Waals surface area (Å²) in [5.74, 6) is 0.320. The molecule has 2 atom stereocenters. The van der Waals surface area contributed by atoms with E-state index in [-0.39, 0.29) is 11.9 Å². The minimum absolute atomic E-state index is 0.223. The highest BCUT2D eigenvalue weighted by Crippen LogP contribution is 2.15. The maximum atomic E-state index is 11.6. The molecule has 4 nitrogen and oxygen atoms in total. The molecule has 0 aliphatic rings. The quantitative estimate of drug-likeness (QED) is 0.542. The highest BCUT2D eigenvalue weighted by atomic mass is 16.5. The van der Waals surface area contributed by atoms with Crippen LogP contribution in [-0.4, -0.2) is 30.7 Å². The lowest BCUT2D eigenvalue weighted by Gasteiger charge is -2.30. The summed E-state index contributed by atoms with van der Waals surface area (Å²) >= 11 is 0. The van der Waals surface area contributed by atoms with Crippen LogP contribution in [0.5, 0.6) is 0 Å². The molecular weight excluding hydrogens is 252 g/mol. The fraction of sp³-hybridized carbons (Fsp3) is 0.938. The number of hydrogen-bond acceptors (Lipinski definition) is 3. The molecule has 0 rings (SSSR count). The first-order valence-electron chi connectivity index (χ1n) is 8.01. The lowest BCUT2D eigenvalue weighted by Crippen LogP contribution is -2.56. The monoisotopic (exact) mass is 286 g/mol. The van der Waals surface area contributed by atoms with Gasteiger partial charge in [-0.1, -0.05) is 33.1 Å². The zero-order valence-electron chi connectivity index (χ0n) is 14.0. The molecule has 0 aliphatic heterocycles. The Balaban J connectivity index is 4.08. The van der Waals surface area contributed by atoms with E-state index in [1.807, 2.05) is 20.8 Å². The van der Waals surface area contributed by atoms with E-state index < -0.39 is 5.54 Å². The third kappa shape index (κ3) is 7.85. The van der Waals surface area contributed by atoms with Gasteiger partial charge < -0.3 is 15.8 Å². The van der Waals surface area contributed by atoms with Gasteiger partial charge in [-0.2, -0.15) is 0 Å². The molecular formula is C16H34N2O2. The van der Waals surface area contributed by atoms with Crippen molar-refractivity contribution in [1.29, 1.82) is 0 Å². The van der Waals surface area contributed by atoms with Gasteiger partial charge in [-0.05, 0) is 39.5 Å². The summed E-state index contributed by atoms with van der Waals surface area (Å²) in [5, 5.41) is 3.24. The summed E-state index contributed by atoms with van der Waals surface area (Å²) in [6.45, 7) is 11.7. The van der Waals surface area contributed by atoms with Gasteiger partial charge >= 0.3 is 0 Å². The van der Waals surface area contributed by atoms with E-state index >= 15 is 0 Å². The number of rotatable bonds is 12. The molecule has 0 spiro atoms. The number of nitrogens with one attached hydrogen (secondary N) is 1. The first-order chi connectivity index (χ1) is 9.35. The maximum Gasteiger partial charge on any atom is 0.237 e. The van der Waals surface area contributed by atoms with Crippen molar-refractivity contribution in [3.8, 4) is 0 Å². The summed E-state index contributed by atoms with van der Waals surface area (Å²) in [5.41, 5.74) is 4.81. The van der Waals surface area contributed by atoms with Gasteiger partial charge in [0.2, 0.25) is 5.91 Å². The third-order valence-corrected chi connectivity index (χ3v) is 3.79. The van der Waals surface area contributed by atoms with Crippen molar-refractivity contribution in [2.24, 2.45) is 11.7 Å². The number of unbranched alkanes of at least 4 members (excludes halogenated alkanes) is 1. The highest BCUT2D eigenvalue weighted by Gasteiger charge is 2.31. The van der Waals surface area contributed by atoms with Crippen LogP contribution >= 0.6 is 0 Å². The molecule has 0 heterocycles. The molecule has 20 heavy (non-hydrogen) atoms. The van der Waals surface area contributed by atoms with Crippen molar-refractivity contribution < 1.29 is 9.53 Å². The van der Waals surface area contributed by atoms with Gasteiger partial charge in [0.05, 0.1) is 5.54 Å². The minimum atomic E-state index is -0.681. The van der Waals surface area contributed by atoms with Gasteiger partial charge in [0.15, 0.2) is 0 Å². The van der Waals surface area contributed by atoms with Gasteiger partial charge in [0.25, 0.3) is 0 Å². The van der Waals surface area contributed by atoms with E-state index in [4.69, 9.17) is 10.5 Å². The van der Waals surface area contributed by atoms with Crippen molar-refractivity contribution in [1.82, 2.24) is 5.32 Å². The fourth-order valence-corrected chi connectivity index (χ4v) is 2.33. The lowest BCUT2D eigenvalue weighted by molar-refractivity contribution is -0.125. The Morgan fingerprint density at radius 1 is 1.35 bits per heavy atom. The molecule has 0 aliphatic carbocycles. The van der Waals surface area contributed by atoms with Crippen molar-refractivity contribution >= 4 is 5.91 Å². The summed E-state index contributed by atoms with van der Waals surface area (Å²) in [7, 11) is 0. The van der Waals surface area contributed by atoms with Gasteiger partial charge in [-0.15, -0.1) is 0 Å². The predicted octanol–water partition coefficient (Wildman–Crippen LogP) is 2.85. The Bertz CT molecular complexity index is 269. The molecule has 2 unspecified atom stereocenters. The molecule has 0 fully saturated rings. The summed E-state index contributed by atoms with van der Waals surface area (Å²) in [6, 6.07) is 0.223. The van der Waals surface area contributed by atoms with Crippen LogP contribution in [0.25, 0.3) is 0 Å². The zero-order chi connectivity index (χ0) is 15.6. The van der Waals surface area contributed by atoms with Crippen molar-refractivity contribution in [2.75, 3.05) is 13.2 Å². The molecule has 4 heteroatoms. The molecule has 0 bridgehead atoms. The summed E-state index contributed by atoms with van der Waals surface area (Å²) in [4.78, 5) is 11.6. The summed E-state index contributed by atoms with van der Waals surface area (Å²) < 4.78 is 5.76. The molecule has 0 radical (unpaired) electrons. The Kier molecular flexibility index (Phi) is 9.86. The average molecular weight is 286 g/mol. The van der Waals surface area contributed by atoms with Crippen LogP contribution in [0.1, 0.15) is 66.7 Å². The van der Waals surface area contributed by atoms with Gasteiger partial charge in [-0.3, -0.25) is 4.79 Å². The normalized spacial score (nSPS) is 16.1. The number of nitrogens with two attached hydrogens (primary N) is 1. The van der Waals surface area contributed by atoms with Gasteiger partial charge in [-0.25, -0.2) is 0 Å². The van der Waals surface area contributed by atoms with Crippen molar-refractivity contribution in [3.63, 3.8) is 0 Å². The van der Waals surface area contributed by atoms with E-state index in [0.717, 1.165) is 13.0 Å². The third-order valence-electron chi connectivity index (χ3n) is 3.79. The van der Waals surface area contributed by atoms with E-state index in [1.165, 1.54) is 19.3 Å². The van der Waals surface area contributed by atoms with E-state index in [2.05, 4.69) is 19.2 Å². The van der Waals surface area contributed by atoms with Crippen LogP contribution in [-0.2, 0) is 9.53 Å². The lowest BCUT2D eigenvalue weighted by atomic mass is 9.96. The average Bonchev–Trinajstić information content (AvgIpc) is 2.37. The molecule has 120 valence electrons. The van der Waals surface area contributed by atoms with E-state index in [9.17, 15) is 4.79 Å². The van der Waals surface area contributed by atoms with Crippen LogP contribution < -0.4 is 11.1 Å². The second kappa shape index (κ2) is 10.2. The van der Waals surface area contributed by atoms with Crippen LogP contribution in [0, 0.1) is 5.92 Å². The molecule has 0 saturated carbocycles. The summed E-state index contributed by atoms with van der Waals surface area (Å²) in [6.07, 6.45) is 5.48. The maximum absolute atomic E-state index is 11.6. The molecule has 0 saturated heterocycles. The number of carbonyl (C=O) groups is 1. The highest BCUT2D eigenvalue weighted by molar-refractivity contribution is 5.84. The smallest absolute Gasteiger partial charge is 0.237 e. The second-order valence-electron chi connectivity index (χ2n) is 6.24. The van der Waals surface area contributed by atoms with Gasteiger partial charge in [0, 0.05) is 19.3 Å².